The summed E-state index contributed by atoms with van der Waals surface area (Å²) in [6.07, 6.45) is 13.6. The van der Waals surface area contributed by atoms with E-state index < -0.39 is 0 Å². The third kappa shape index (κ3) is 3.68. The lowest BCUT2D eigenvalue weighted by atomic mass is 9.84. The summed E-state index contributed by atoms with van der Waals surface area (Å²) in [5, 5.41) is 5.78. The lowest BCUT2D eigenvalue weighted by Crippen LogP contribution is -2.58. The van der Waals surface area contributed by atoms with Crippen LogP contribution in [0.4, 0.5) is 5.13 Å². The first kappa shape index (κ1) is 21.7. The van der Waals surface area contributed by atoms with Gasteiger partial charge in [-0.05, 0) is 39.5 Å². The Morgan fingerprint density at radius 2 is 1.81 bits per heavy atom. The monoisotopic (exact) mass is 488 g/mol. The van der Waals surface area contributed by atoms with Gasteiger partial charge in [-0.25, -0.2) is 24.9 Å². The van der Waals surface area contributed by atoms with E-state index in [1.165, 1.54) is 12.8 Å². The second-order valence-corrected chi connectivity index (χ2v) is 11.2. The quantitative estimate of drug-likeness (QED) is 0.458. The third-order valence-electron chi connectivity index (χ3n) is 6.64. The van der Waals surface area contributed by atoms with E-state index in [0.29, 0.717) is 6.04 Å². The molecule has 2 aliphatic heterocycles. The Balaban J connectivity index is 0.00000216. The molecule has 4 aromatic heterocycles. The van der Waals surface area contributed by atoms with Gasteiger partial charge in [-0.2, -0.15) is 0 Å². The van der Waals surface area contributed by atoms with Crippen LogP contribution in [0.5, 0.6) is 0 Å². The summed E-state index contributed by atoms with van der Waals surface area (Å²) < 4.78 is 1.83. The van der Waals surface area contributed by atoms with Crippen LogP contribution in [0.15, 0.2) is 31.1 Å². The summed E-state index contributed by atoms with van der Waals surface area (Å²) in [6, 6.07) is 0.500. The Morgan fingerprint density at radius 3 is 2.44 bits per heavy atom. The highest BCUT2D eigenvalue weighted by Gasteiger charge is 2.49. The number of fused-ring (bicyclic) bond motifs is 3. The summed E-state index contributed by atoms with van der Waals surface area (Å²) in [5.41, 5.74) is 1.26. The van der Waals surface area contributed by atoms with E-state index in [2.05, 4.69) is 46.1 Å². The number of piperidine rings is 1. The van der Waals surface area contributed by atoms with E-state index >= 15 is 0 Å². The average Bonchev–Trinajstić information content (AvgIpc) is 3.50. The first-order valence-electron chi connectivity index (χ1n) is 10.5. The fourth-order valence-corrected chi connectivity index (χ4v) is 7.14. The van der Waals surface area contributed by atoms with Gasteiger partial charge in [0.15, 0.2) is 20.6 Å². The van der Waals surface area contributed by atoms with Crippen LogP contribution in [-0.2, 0) is 0 Å². The molecule has 2 bridgehead atoms. The number of nitrogens with one attached hydrogen (secondary N) is 1. The number of hydrogen-bond acceptors (Lipinski definition) is 9. The van der Waals surface area contributed by atoms with Crippen LogP contribution in [0.25, 0.3) is 26.2 Å². The van der Waals surface area contributed by atoms with Crippen molar-refractivity contribution >= 4 is 49.9 Å². The maximum atomic E-state index is 4.93. The standard InChI is InChI=1S/C21H24N8S2.ClH/c1-20-4-5-21(2,27-20)9-13(8-20)28(3)19-26-18-17(31-19)25-16(30-18)14-10-24-15(11-23-14)29-7-6-22-12-29;/h6-7,10-13,27H,4-5,8-9H2,1-3H3;1H/t13?,20-,21+;. The molecule has 32 heavy (non-hydrogen) atoms. The molecule has 2 fully saturated rings. The van der Waals surface area contributed by atoms with Crippen molar-refractivity contribution in [2.45, 2.75) is 56.7 Å². The highest BCUT2D eigenvalue weighted by atomic mass is 35.5. The SMILES string of the molecule is CN(c1nc2sc(-c3cnc(-n4ccnc4)cn3)nc2s1)C1C[C@]2(C)CC[C@](C)(C1)N2.Cl. The van der Waals surface area contributed by atoms with Crippen LogP contribution in [0.1, 0.15) is 39.5 Å². The molecule has 8 nitrogen and oxygen atoms in total. The second-order valence-electron chi connectivity index (χ2n) is 9.27. The summed E-state index contributed by atoms with van der Waals surface area (Å²) in [5.74, 6) is 0.736. The molecule has 4 aromatic rings. The Labute approximate surface area is 200 Å². The minimum Gasteiger partial charge on any atom is -0.348 e. The predicted octanol–water partition coefficient (Wildman–Crippen LogP) is 4.32. The lowest BCUT2D eigenvalue weighted by Gasteiger charge is -2.45. The maximum absolute atomic E-state index is 4.93. The summed E-state index contributed by atoms with van der Waals surface area (Å²) in [4.78, 5) is 27.1. The van der Waals surface area contributed by atoms with Crippen LogP contribution >= 0.6 is 35.1 Å². The highest BCUT2D eigenvalue weighted by Crippen LogP contribution is 2.45. The Kier molecular flexibility index (Phi) is 5.23. The molecule has 2 saturated heterocycles. The molecule has 3 atom stereocenters. The lowest BCUT2D eigenvalue weighted by molar-refractivity contribution is 0.208. The maximum Gasteiger partial charge on any atom is 0.188 e. The number of nitrogens with zero attached hydrogens (tertiary/aromatic N) is 7. The normalized spacial score (nSPS) is 26.9. The molecule has 11 heteroatoms. The van der Waals surface area contributed by atoms with Crippen molar-refractivity contribution in [1.82, 2.24) is 34.8 Å². The molecule has 0 spiro atoms. The van der Waals surface area contributed by atoms with Crippen LogP contribution in [-0.4, -0.2) is 53.7 Å². The topological polar surface area (TPSA) is 84.7 Å². The Morgan fingerprint density at radius 1 is 1.06 bits per heavy atom. The van der Waals surface area contributed by atoms with Gasteiger partial charge in [0.25, 0.3) is 0 Å². The van der Waals surface area contributed by atoms with Crippen molar-refractivity contribution in [2.75, 3.05) is 11.9 Å². The molecule has 0 saturated carbocycles. The Hall–Kier alpha value is -2.14. The van der Waals surface area contributed by atoms with Gasteiger partial charge in [-0.15, -0.1) is 12.4 Å². The zero-order valence-electron chi connectivity index (χ0n) is 18.1. The van der Waals surface area contributed by atoms with Crippen molar-refractivity contribution in [3.05, 3.63) is 31.1 Å². The number of aromatic nitrogens is 6. The van der Waals surface area contributed by atoms with Crippen molar-refractivity contribution in [1.29, 1.82) is 0 Å². The predicted molar refractivity (Wildman–Crippen MR) is 131 cm³/mol. The molecule has 2 aliphatic rings. The molecular formula is C21H25ClN8S2. The molecule has 1 N–H and O–H groups in total. The number of rotatable bonds is 4. The molecule has 168 valence electrons. The van der Waals surface area contributed by atoms with Crippen molar-refractivity contribution in [2.24, 2.45) is 0 Å². The molecule has 0 aromatic carbocycles. The van der Waals surface area contributed by atoms with E-state index in [0.717, 1.165) is 44.2 Å². The Bertz CT molecular complexity index is 1190. The van der Waals surface area contributed by atoms with Crippen molar-refractivity contribution in [3.8, 4) is 16.5 Å². The van der Waals surface area contributed by atoms with E-state index in [1.54, 1.807) is 47.6 Å². The van der Waals surface area contributed by atoms with Gasteiger partial charge < -0.3 is 10.2 Å². The molecule has 0 amide bonds. The minimum absolute atomic E-state index is 0. The van der Waals surface area contributed by atoms with E-state index in [-0.39, 0.29) is 23.5 Å². The van der Waals surface area contributed by atoms with Gasteiger partial charge in [0.05, 0.1) is 12.4 Å². The fourth-order valence-electron chi connectivity index (χ4n) is 5.11. The van der Waals surface area contributed by atoms with Crippen molar-refractivity contribution in [3.63, 3.8) is 0 Å². The molecule has 0 aliphatic carbocycles. The summed E-state index contributed by atoms with van der Waals surface area (Å²) in [7, 11) is 2.19. The molecule has 1 unspecified atom stereocenters. The van der Waals surface area contributed by atoms with E-state index in [4.69, 9.17) is 9.97 Å². The first-order chi connectivity index (χ1) is 14.9. The van der Waals surface area contributed by atoms with Crippen LogP contribution in [0.3, 0.4) is 0 Å². The van der Waals surface area contributed by atoms with Gasteiger partial charge in [-0.1, -0.05) is 22.7 Å². The van der Waals surface area contributed by atoms with Gasteiger partial charge in [0.1, 0.15) is 17.0 Å². The smallest absolute Gasteiger partial charge is 0.188 e. The largest absolute Gasteiger partial charge is 0.348 e. The van der Waals surface area contributed by atoms with Crippen LogP contribution < -0.4 is 10.2 Å². The third-order valence-corrected chi connectivity index (χ3v) is 8.79. The molecule has 6 rings (SSSR count). The molecule has 6 heterocycles. The molecule has 0 radical (unpaired) electrons. The fraction of sp³-hybridized carbons (Fsp3) is 0.476. The second kappa shape index (κ2) is 7.72. The zero-order chi connectivity index (χ0) is 21.2. The van der Waals surface area contributed by atoms with E-state index in [9.17, 15) is 0 Å². The van der Waals surface area contributed by atoms with E-state index in [1.807, 2.05) is 10.8 Å². The first-order valence-corrected chi connectivity index (χ1v) is 12.1. The number of halogens is 1. The minimum atomic E-state index is 0. The van der Waals surface area contributed by atoms with Gasteiger partial charge in [0, 0.05) is 36.6 Å². The summed E-state index contributed by atoms with van der Waals surface area (Å²) in [6.45, 7) is 4.73. The molecular weight excluding hydrogens is 464 g/mol. The average molecular weight is 489 g/mol. The zero-order valence-corrected chi connectivity index (χ0v) is 20.6. The number of anilines is 1. The van der Waals surface area contributed by atoms with Crippen LogP contribution in [0, 0.1) is 0 Å². The van der Waals surface area contributed by atoms with Gasteiger partial charge >= 0.3 is 0 Å². The highest BCUT2D eigenvalue weighted by molar-refractivity contribution is 7.29. The number of thiazole rings is 2. The van der Waals surface area contributed by atoms with Crippen molar-refractivity contribution < 1.29 is 0 Å². The number of imidazole rings is 1. The number of hydrogen-bond donors (Lipinski definition) is 1. The van der Waals surface area contributed by atoms with Gasteiger partial charge in [-0.3, -0.25) is 4.57 Å². The van der Waals surface area contributed by atoms with Crippen LogP contribution in [0.2, 0.25) is 0 Å². The van der Waals surface area contributed by atoms with Gasteiger partial charge in [0.2, 0.25) is 0 Å². The summed E-state index contributed by atoms with van der Waals surface area (Å²) >= 11 is 3.25.